The molecule has 0 saturated heterocycles. The molecule has 1 aliphatic carbocycles. The van der Waals surface area contributed by atoms with Gasteiger partial charge in [0.05, 0.1) is 44.3 Å². The molecule has 0 radical (unpaired) electrons. The average molecular weight is 812 g/mol. The number of aromatic nitrogens is 4. The van der Waals surface area contributed by atoms with Crippen molar-refractivity contribution >= 4 is 39.7 Å². The van der Waals surface area contributed by atoms with E-state index in [9.17, 15) is 0 Å². The minimum Gasteiger partial charge on any atom is -0.455 e. The van der Waals surface area contributed by atoms with Crippen LogP contribution in [0.4, 0.5) is 17.1 Å². The van der Waals surface area contributed by atoms with Gasteiger partial charge in [-0.05, 0) is 65.7 Å². The summed E-state index contributed by atoms with van der Waals surface area (Å²) < 4.78 is 7.16. The lowest BCUT2D eigenvalue weighted by Gasteiger charge is -2.41. The summed E-state index contributed by atoms with van der Waals surface area (Å²) in [5, 5.41) is 1.01. The van der Waals surface area contributed by atoms with Crippen LogP contribution < -0.4 is 9.64 Å². The van der Waals surface area contributed by atoms with Crippen LogP contribution in [0.5, 0.6) is 11.5 Å². The second-order valence-corrected chi connectivity index (χ2v) is 16.8. The van der Waals surface area contributed by atoms with Crippen LogP contribution in [0.2, 0.25) is 0 Å². The number of pyridine rings is 2. The lowest BCUT2D eigenvalue weighted by molar-refractivity contribution is 0.426. The third-order valence-electron chi connectivity index (χ3n) is 12.4. The molecule has 2 aliphatic heterocycles. The summed E-state index contributed by atoms with van der Waals surface area (Å²) in [6, 6.07) is 65.8. The van der Waals surface area contributed by atoms with Crippen molar-refractivity contribution in [2.75, 3.05) is 4.90 Å². The van der Waals surface area contributed by atoms with Crippen molar-refractivity contribution in [3.63, 3.8) is 0 Å². The van der Waals surface area contributed by atoms with Crippen molar-refractivity contribution in [2.45, 2.75) is 15.2 Å². The van der Waals surface area contributed by atoms with Gasteiger partial charge in [0, 0.05) is 61.7 Å². The van der Waals surface area contributed by atoms with E-state index in [1.807, 2.05) is 36.7 Å². The zero-order valence-electron chi connectivity index (χ0n) is 33.1. The highest BCUT2D eigenvalue weighted by atomic mass is 32.2. The molecule has 3 aliphatic rings. The van der Waals surface area contributed by atoms with Crippen molar-refractivity contribution < 1.29 is 4.74 Å². The molecule has 13 rings (SSSR count). The Labute approximate surface area is 362 Å². The summed E-state index contributed by atoms with van der Waals surface area (Å²) in [7, 11) is 0. The van der Waals surface area contributed by atoms with Gasteiger partial charge in [-0.25, -0.2) is 9.97 Å². The Hall–Kier alpha value is -7.87. The van der Waals surface area contributed by atoms with Crippen LogP contribution in [0.3, 0.4) is 0 Å². The number of anilines is 3. The maximum absolute atomic E-state index is 7.16. The van der Waals surface area contributed by atoms with Crippen molar-refractivity contribution in [1.82, 2.24) is 19.9 Å². The zero-order valence-corrected chi connectivity index (χ0v) is 33.9. The predicted molar refractivity (Wildman–Crippen MR) is 248 cm³/mol. The van der Waals surface area contributed by atoms with Gasteiger partial charge in [-0.15, -0.1) is 0 Å². The second-order valence-electron chi connectivity index (χ2n) is 15.7. The van der Waals surface area contributed by atoms with Crippen LogP contribution in [-0.4, -0.2) is 19.9 Å². The third kappa shape index (κ3) is 5.00. The van der Waals surface area contributed by atoms with Gasteiger partial charge in [0.1, 0.15) is 11.5 Å². The van der Waals surface area contributed by atoms with Crippen molar-refractivity contribution in [3.05, 3.63) is 223 Å². The first-order valence-corrected chi connectivity index (χ1v) is 21.5. The zero-order chi connectivity index (χ0) is 40.8. The topological polar surface area (TPSA) is 64.0 Å². The number of hydrogen-bond acceptors (Lipinski definition) is 7. The molecule has 6 nitrogen and oxygen atoms in total. The van der Waals surface area contributed by atoms with Gasteiger partial charge >= 0.3 is 0 Å². The molecule has 3 aromatic heterocycles. The molecule has 5 heterocycles. The van der Waals surface area contributed by atoms with Gasteiger partial charge in [-0.2, -0.15) is 0 Å². The number of hydrogen-bond donors (Lipinski definition) is 0. The quantitative estimate of drug-likeness (QED) is 0.175. The number of benzene rings is 7. The molecular formula is C55H33N5OS. The maximum atomic E-state index is 7.16. The smallest absolute Gasteiger partial charge is 0.161 e. The van der Waals surface area contributed by atoms with Crippen LogP contribution in [-0.2, 0) is 5.41 Å². The van der Waals surface area contributed by atoms with Gasteiger partial charge in [0.15, 0.2) is 5.82 Å². The van der Waals surface area contributed by atoms with Crippen LogP contribution in [0.1, 0.15) is 22.3 Å². The van der Waals surface area contributed by atoms with Crippen LogP contribution in [0, 0.1) is 0 Å². The number of fused-ring (bicyclic) bond motifs is 13. The van der Waals surface area contributed by atoms with Gasteiger partial charge in [-0.1, -0.05) is 145 Å². The highest BCUT2D eigenvalue weighted by Crippen LogP contribution is 2.65. The Morgan fingerprint density at radius 1 is 0.500 bits per heavy atom. The number of ether oxygens (including phenoxy) is 1. The van der Waals surface area contributed by atoms with E-state index in [1.165, 1.54) is 0 Å². The summed E-state index contributed by atoms with van der Waals surface area (Å²) in [4.78, 5) is 25.5. The Bertz CT molecular complexity index is 3450. The summed E-state index contributed by atoms with van der Waals surface area (Å²) in [5.41, 5.74) is 14.2. The largest absolute Gasteiger partial charge is 0.455 e. The Morgan fingerprint density at radius 2 is 1.23 bits per heavy atom. The molecule has 7 aromatic carbocycles. The molecule has 0 bridgehead atoms. The number of para-hydroxylation sites is 4. The van der Waals surface area contributed by atoms with Gasteiger partial charge in [0.25, 0.3) is 0 Å². The van der Waals surface area contributed by atoms with Crippen molar-refractivity contribution in [3.8, 4) is 56.7 Å². The normalized spacial score (nSPS) is 15.2. The van der Waals surface area contributed by atoms with Gasteiger partial charge < -0.3 is 9.64 Å². The minimum absolute atomic E-state index is 0.659. The summed E-state index contributed by atoms with van der Waals surface area (Å²) in [5.74, 6) is 2.31. The molecule has 1 atom stereocenters. The summed E-state index contributed by atoms with van der Waals surface area (Å²) in [6.07, 6.45) is 3.86. The lowest BCUT2D eigenvalue weighted by Crippen LogP contribution is -2.33. The first-order valence-electron chi connectivity index (χ1n) is 20.7. The molecular weight excluding hydrogens is 779 g/mol. The SMILES string of the molecule is c1ccc(-c2nc(-c3ccccc3-c3cnc4c(c3)C3(c5ccccc5Oc5c3ccc3c5Sc5ccccc5N3c3ccccc3)c3cccnc3-4)nc3ccccc23)cc1. The molecule has 1 unspecified atom stereocenters. The van der Waals surface area contributed by atoms with E-state index < -0.39 is 5.41 Å². The fraction of sp³-hybridized carbons (Fsp3) is 0.0182. The van der Waals surface area contributed by atoms with E-state index in [0.717, 1.165) is 111 Å². The van der Waals surface area contributed by atoms with E-state index in [1.54, 1.807) is 11.8 Å². The van der Waals surface area contributed by atoms with E-state index in [4.69, 9.17) is 24.7 Å². The molecule has 0 fully saturated rings. The molecule has 10 aromatic rings. The molecule has 0 amide bonds. The van der Waals surface area contributed by atoms with Crippen LogP contribution in [0.15, 0.2) is 210 Å². The Balaban J connectivity index is 1.05. The van der Waals surface area contributed by atoms with Gasteiger partial charge in [0.2, 0.25) is 0 Å². The number of rotatable bonds is 4. The average Bonchev–Trinajstić information content (AvgIpc) is 3.63. The second kappa shape index (κ2) is 13.6. The maximum Gasteiger partial charge on any atom is 0.161 e. The van der Waals surface area contributed by atoms with Crippen molar-refractivity contribution in [1.29, 1.82) is 0 Å². The summed E-state index contributed by atoms with van der Waals surface area (Å²) >= 11 is 1.76. The first kappa shape index (κ1) is 34.9. The fourth-order valence-corrected chi connectivity index (χ4v) is 11.0. The molecule has 0 N–H and O–H groups in total. The minimum atomic E-state index is -0.787. The molecule has 290 valence electrons. The molecule has 1 spiro atoms. The van der Waals surface area contributed by atoms with Crippen LogP contribution >= 0.6 is 11.8 Å². The highest BCUT2D eigenvalue weighted by molar-refractivity contribution is 7.99. The first-order chi connectivity index (χ1) is 30.8. The predicted octanol–water partition coefficient (Wildman–Crippen LogP) is 13.8. The van der Waals surface area contributed by atoms with E-state index in [-0.39, 0.29) is 0 Å². The summed E-state index contributed by atoms with van der Waals surface area (Å²) in [6.45, 7) is 0. The van der Waals surface area contributed by atoms with E-state index in [0.29, 0.717) is 5.82 Å². The van der Waals surface area contributed by atoms with E-state index in [2.05, 4.69) is 169 Å². The van der Waals surface area contributed by atoms with Gasteiger partial charge in [-0.3, -0.25) is 9.97 Å². The monoisotopic (exact) mass is 811 g/mol. The molecule has 62 heavy (non-hydrogen) atoms. The third-order valence-corrected chi connectivity index (χ3v) is 13.6. The molecule has 0 saturated carbocycles. The Morgan fingerprint density at radius 3 is 2.13 bits per heavy atom. The highest BCUT2D eigenvalue weighted by Gasteiger charge is 2.53. The standard InChI is InChI=1S/C55H33N5OS/c1-3-16-34(17-4-1)49-39-22-9-11-25-44(39)58-54(59-49)38-21-8-7-20-37(38)35-32-43-51(57-33-35)50-41(24-15-31-56-50)55(43)40-23-10-13-27-47(40)61-52-42(55)29-30-46-53(52)62-48-28-14-12-26-45(48)60(46)36-18-5-2-6-19-36/h1-33H. The number of nitrogens with zero attached hydrogens (tertiary/aromatic N) is 5. The molecule has 7 heteroatoms. The van der Waals surface area contributed by atoms with Crippen molar-refractivity contribution in [2.24, 2.45) is 0 Å². The lowest BCUT2D eigenvalue weighted by atomic mass is 9.66. The van der Waals surface area contributed by atoms with E-state index >= 15 is 0 Å². The van der Waals surface area contributed by atoms with Crippen LogP contribution in [0.25, 0.3) is 56.1 Å². The fourth-order valence-electron chi connectivity index (χ4n) is 9.82. The Kier molecular flexibility index (Phi) is 7.65.